The summed E-state index contributed by atoms with van der Waals surface area (Å²) in [7, 11) is 1.85. The molecule has 3 aliphatic rings. The Morgan fingerprint density at radius 3 is 2.56 bits per heavy atom. The first-order valence-corrected chi connectivity index (χ1v) is 13.1. The van der Waals surface area contributed by atoms with Gasteiger partial charge in [-0.05, 0) is 87.8 Å². The molecule has 2 aromatic carbocycles. The largest absolute Gasteiger partial charge is 0.366 e. The number of benzene rings is 2. The SMILES string of the molecule is CN1C(=O)C[C@H]2CCCN2c2ccc(C(=O)CCCN3CCC(Cc4ccccc4)CC3)cc21. The highest BCUT2D eigenvalue weighted by molar-refractivity contribution is 6.03. The summed E-state index contributed by atoms with van der Waals surface area (Å²) in [6.07, 6.45) is 7.89. The van der Waals surface area contributed by atoms with Gasteiger partial charge in [0.15, 0.2) is 5.78 Å². The molecular weight excluding hydrogens is 422 g/mol. The molecule has 34 heavy (non-hydrogen) atoms. The smallest absolute Gasteiger partial charge is 0.228 e. The normalized spacial score (nSPS) is 21.3. The van der Waals surface area contributed by atoms with Gasteiger partial charge in [0, 0.05) is 38.0 Å². The molecule has 2 aromatic rings. The lowest BCUT2D eigenvalue weighted by molar-refractivity contribution is -0.118. The van der Waals surface area contributed by atoms with Crippen molar-refractivity contribution < 1.29 is 9.59 Å². The Bertz CT molecular complexity index is 1010. The summed E-state index contributed by atoms with van der Waals surface area (Å²) in [4.78, 5) is 32.3. The highest BCUT2D eigenvalue weighted by atomic mass is 16.2. The maximum atomic E-state index is 13.0. The van der Waals surface area contributed by atoms with Crippen molar-refractivity contribution in [3.8, 4) is 0 Å². The predicted octanol–water partition coefficient (Wildman–Crippen LogP) is 4.94. The van der Waals surface area contributed by atoms with Crippen LogP contribution in [0.4, 0.5) is 11.4 Å². The maximum absolute atomic E-state index is 13.0. The number of amides is 1. The van der Waals surface area contributed by atoms with Crippen molar-refractivity contribution in [2.75, 3.05) is 43.0 Å². The number of rotatable bonds is 7. The quantitative estimate of drug-likeness (QED) is 0.550. The van der Waals surface area contributed by atoms with E-state index in [2.05, 4.69) is 46.2 Å². The zero-order valence-corrected chi connectivity index (χ0v) is 20.4. The fourth-order valence-electron chi connectivity index (χ4n) is 6.02. The average Bonchev–Trinajstić information content (AvgIpc) is 3.29. The van der Waals surface area contributed by atoms with E-state index in [1.807, 2.05) is 19.2 Å². The van der Waals surface area contributed by atoms with Gasteiger partial charge in [-0.2, -0.15) is 0 Å². The zero-order valence-electron chi connectivity index (χ0n) is 20.4. The fourth-order valence-corrected chi connectivity index (χ4v) is 6.02. The minimum Gasteiger partial charge on any atom is -0.366 e. The summed E-state index contributed by atoms with van der Waals surface area (Å²) in [6.45, 7) is 4.25. The van der Waals surface area contributed by atoms with Gasteiger partial charge >= 0.3 is 0 Å². The highest BCUT2D eigenvalue weighted by Crippen LogP contribution is 2.39. The van der Waals surface area contributed by atoms with E-state index in [0.29, 0.717) is 18.9 Å². The first-order chi connectivity index (χ1) is 16.6. The second-order valence-corrected chi connectivity index (χ2v) is 10.4. The summed E-state index contributed by atoms with van der Waals surface area (Å²) < 4.78 is 0. The number of carbonyl (C=O) groups is 2. The maximum Gasteiger partial charge on any atom is 0.228 e. The number of likely N-dealkylation sites (tertiary alicyclic amines) is 1. The van der Waals surface area contributed by atoms with E-state index in [0.717, 1.165) is 68.3 Å². The van der Waals surface area contributed by atoms with E-state index in [1.54, 1.807) is 4.90 Å². The Hall–Kier alpha value is -2.66. The number of hydrogen-bond donors (Lipinski definition) is 0. The summed E-state index contributed by atoms with van der Waals surface area (Å²) in [5, 5.41) is 0. The lowest BCUT2D eigenvalue weighted by Crippen LogP contribution is -2.35. The summed E-state index contributed by atoms with van der Waals surface area (Å²) in [6, 6.07) is 17.1. The number of Topliss-reactive ketones (excluding diaryl/α,β-unsaturated/α-hetero) is 1. The molecule has 0 N–H and O–H groups in total. The molecule has 5 nitrogen and oxygen atoms in total. The third-order valence-corrected chi connectivity index (χ3v) is 8.08. The third kappa shape index (κ3) is 5.05. The number of fused-ring (bicyclic) bond motifs is 3. The molecule has 0 unspecified atom stereocenters. The molecular formula is C29H37N3O2. The molecule has 0 aliphatic carbocycles. The summed E-state index contributed by atoms with van der Waals surface area (Å²) in [5.41, 5.74) is 4.17. The molecule has 2 saturated heterocycles. The number of nitrogens with zero attached hydrogens (tertiary/aromatic N) is 3. The number of piperidine rings is 1. The molecule has 0 saturated carbocycles. The number of anilines is 2. The Labute approximate surface area is 203 Å². The van der Waals surface area contributed by atoms with Crippen LogP contribution in [0.25, 0.3) is 0 Å². The third-order valence-electron chi connectivity index (χ3n) is 8.08. The minimum atomic E-state index is 0.149. The second kappa shape index (κ2) is 10.3. The van der Waals surface area contributed by atoms with Crippen LogP contribution in [0.1, 0.15) is 60.9 Å². The van der Waals surface area contributed by atoms with E-state index < -0.39 is 0 Å². The van der Waals surface area contributed by atoms with Gasteiger partial charge in [-0.25, -0.2) is 0 Å². The standard InChI is InChI=1S/C29H37N3O2/c1-30-27-20-24(11-12-26(27)32-16-5-9-25(32)21-29(30)34)28(33)10-6-15-31-17-13-23(14-18-31)19-22-7-3-2-4-8-22/h2-4,7-8,11-12,20,23,25H,5-6,9-10,13-19,21H2,1H3/t25-/m1/s1. The number of carbonyl (C=O) groups excluding carboxylic acids is 2. The lowest BCUT2D eigenvalue weighted by Gasteiger charge is -2.32. The molecule has 5 heteroatoms. The van der Waals surface area contributed by atoms with Crippen LogP contribution in [-0.2, 0) is 11.2 Å². The van der Waals surface area contributed by atoms with Gasteiger partial charge in [0.2, 0.25) is 5.91 Å². The van der Waals surface area contributed by atoms with E-state index in [4.69, 9.17) is 0 Å². The first kappa shape index (κ1) is 23.1. The van der Waals surface area contributed by atoms with Crippen molar-refractivity contribution in [1.82, 2.24) is 4.90 Å². The molecule has 0 spiro atoms. The molecule has 0 bridgehead atoms. The second-order valence-electron chi connectivity index (χ2n) is 10.4. The molecule has 1 atom stereocenters. The monoisotopic (exact) mass is 459 g/mol. The zero-order chi connectivity index (χ0) is 23.5. The fraction of sp³-hybridized carbons (Fsp3) is 0.517. The molecule has 5 rings (SSSR count). The van der Waals surface area contributed by atoms with Gasteiger partial charge < -0.3 is 14.7 Å². The van der Waals surface area contributed by atoms with Gasteiger partial charge in [0.1, 0.15) is 0 Å². The topological polar surface area (TPSA) is 43.9 Å². The summed E-state index contributed by atoms with van der Waals surface area (Å²) in [5.74, 6) is 1.11. The Morgan fingerprint density at radius 1 is 0.971 bits per heavy atom. The number of hydrogen-bond acceptors (Lipinski definition) is 4. The minimum absolute atomic E-state index is 0.149. The van der Waals surface area contributed by atoms with E-state index in [1.165, 1.54) is 24.8 Å². The molecule has 1 amide bonds. The van der Waals surface area contributed by atoms with Crippen molar-refractivity contribution in [3.63, 3.8) is 0 Å². The van der Waals surface area contributed by atoms with Gasteiger partial charge in [0.05, 0.1) is 11.4 Å². The van der Waals surface area contributed by atoms with Crippen LogP contribution in [0.5, 0.6) is 0 Å². The van der Waals surface area contributed by atoms with E-state index >= 15 is 0 Å². The van der Waals surface area contributed by atoms with Crippen LogP contribution >= 0.6 is 0 Å². The van der Waals surface area contributed by atoms with Crippen LogP contribution in [0.3, 0.4) is 0 Å². The van der Waals surface area contributed by atoms with Gasteiger partial charge in [-0.3, -0.25) is 9.59 Å². The average molecular weight is 460 g/mol. The molecule has 180 valence electrons. The predicted molar refractivity (Wildman–Crippen MR) is 138 cm³/mol. The van der Waals surface area contributed by atoms with Crippen LogP contribution in [0, 0.1) is 5.92 Å². The van der Waals surface area contributed by atoms with Gasteiger partial charge in [-0.1, -0.05) is 30.3 Å². The van der Waals surface area contributed by atoms with E-state index in [9.17, 15) is 9.59 Å². The lowest BCUT2D eigenvalue weighted by atomic mass is 9.90. The van der Waals surface area contributed by atoms with Crippen LogP contribution in [-0.4, -0.2) is 55.9 Å². The molecule has 0 radical (unpaired) electrons. The van der Waals surface area contributed by atoms with Gasteiger partial charge in [-0.15, -0.1) is 0 Å². The Balaban J connectivity index is 1.12. The van der Waals surface area contributed by atoms with Crippen LogP contribution in [0.2, 0.25) is 0 Å². The van der Waals surface area contributed by atoms with Gasteiger partial charge in [0.25, 0.3) is 0 Å². The van der Waals surface area contributed by atoms with Crippen molar-refractivity contribution in [1.29, 1.82) is 0 Å². The van der Waals surface area contributed by atoms with Crippen LogP contribution in [0.15, 0.2) is 48.5 Å². The Morgan fingerprint density at radius 2 is 1.76 bits per heavy atom. The molecule has 0 aromatic heterocycles. The molecule has 3 heterocycles. The first-order valence-electron chi connectivity index (χ1n) is 13.1. The Kier molecular flexibility index (Phi) is 7.00. The molecule has 2 fully saturated rings. The summed E-state index contributed by atoms with van der Waals surface area (Å²) >= 11 is 0. The highest BCUT2D eigenvalue weighted by Gasteiger charge is 2.34. The van der Waals surface area contributed by atoms with Crippen molar-refractivity contribution in [2.24, 2.45) is 5.92 Å². The molecule has 3 aliphatic heterocycles. The van der Waals surface area contributed by atoms with Crippen LogP contribution < -0.4 is 9.80 Å². The number of ketones is 1. The van der Waals surface area contributed by atoms with Crippen molar-refractivity contribution in [2.45, 2.75) is 57.4 Å². The van der Waals surface area contributed by atoms with Crippen molar-refractivity contribution >= 4 is 23.1 Å². The van der Waals surface area contributed by atoms with E-state index in [-0.39, 0.29) is 11.7 Å². The van der Waals surface area contributed by atoms with Crippen molar-refractivity contribution in [3.05, 3.63) is 59.7 Å².